The van der Waals surface area contributed by atoms with E-state index in [0.717, 1.165) is 25.0 Å². The van der Waals surface area contributed by atoms with Gasteiger partial charge in [-0.05, 0) is 66.5 Å². The predicted octanol–water partition coefficient (Wildman–Crippen LogP) is 5.06. The molecule has 1 amide bonds. The quantitative estimate of drug-likeness (QED) is 0.585. The number of aromatic nitrogens is 1. The number of hydrogen-bond acceptors (Lipinski definition) is 4. The predicted molar refractivity (Wildman–Crippen MR) is 119 cm³/mol. The average molecular weight is 415 g/mol. The van der Waals surface area contributed by atoms with Gasteiger partial charge < -0.3 is 14.2 Å². The minimum atomic E-state index is -0.104. The minimum Gasteiger partial charge on any atom is -0.486 e. The highest BCUT2D eigenvalue weighted by Gasteiger charge is 2.22. The summed E-state index contributed by atoms with van der Waals surface area (Å²) in [6.07, 6.45) is 7.73. The summed E-state index contributed by atoms with van der Waals surface area (Å²) in [6.45, 7) is 1.52. The Labute approximate surface area is 182 Å². The fourth-order valence-corrected chi connectivity index (χ4v) is 4.37. The Morgan fingerprint density at radius 1 is 1.00 bits per heavy atom. The second-order valence-corrected chi connectivity index (χ2v) is 8.20. The van der Waals surface area contributed by atoms with Crippen LogP contribution in [0.5, 0.6) is 5.75 Å². The number of fused-ring (bicyclic) bond motifs is 1. The van der Waals surface area contributed by atoms with Gasteiger partial charge in [-0.25, -0.2) is 0 Å². The van der Waals surface area contributed by atoms with Crippen molar-refractivity contribution in [1.29, 1.82) is 0 Å². The Kier molecular flexibility index (Phi) is 5.57. The van der Waals surface area contributed by atoms with E-state index in [1.54, 1.807) is 11.0 Å². The SMILES string of the molecule is O=C(c1cc(COc2ccc3c(c2)CCCC3)on1)N1CC=C(c2ccccc2)CC1. The molecule has 0 fully saturated rings. The van der Waals surface area contributed by atoms with E-state index in [2.05, 4.69) is 35.5 Å². The van der Waals surface area contributed by atoms with Crippen molar-refractivity contribution in [3.05, 3.63) is 88.8 Å². The molecule has 1 aliphatic heterocycles. The first kappa shape index (κ1) is 19.6. The van der Waals surface area contributed by atoms with Gasteiger partial charge in [-0.3, -0.25) is 4.79 Å². The molecule has 1 aromatic heterocycles. The van der Waals surface area contributed by atoms with Gasteiger partial charge >= 0.3 is 0 Å². The van der Waals surface area contributed by atoms with Crippen LogP contribution in [0.1, 0.15) is 52.2 Å². The lowest BCUT2D eigenvalue weighted by atomic mass is 9.92. The molecule has 1 aliphatic carbocycles. The summed E-state index contributed by atoms with van der Waals surface area (Å²) in [6, 6.07) is 18.3. The van der Waals surface area contributed by atoms with Crippen LogP contribution in [0.4, 0.5) is 0 Å². The van der Waals surface area contributed by atoms with E-state index in [1.807, 2.05) is 24.3 Å². The zero-order valence-corrected chi connectivity index (χ0v) is 17.5. The lowest BCUT2D eigenvalue weighted by Gasteiger charge is -2.25. The van der Waals surface area contributed by atoms with E-state index in [1.165, 1.54) is 35.1 Å². The fraction of sp³-hybridized carbons (Fsp3) is 0.308. The molecule has 3 aromatic rings. The molecule has 5 heteroatoms. The monoisotopic (exact) mass is 414 g/mol. The molecular weight excluding hydrogens is 388 g/mol. The van der Waals surface area contributed by atoms with Crippen molar-refractivity contribution in [1.82, 2.24) is 10.1 Å². The van der Waals surface area contributed by atoms with Crippen molar-refractivity contribution >= 4 is 11.5 Å². The van der Waals surface area contributed by atoms with Crippen LogP contribution in [0.15, 0.2) is 65.2 Å². The van der Waals surface area contributed by atoms with Gasteiger partial charge in [-0.15, -0.1) is 0 Å². The topological polar surface area (TPSA) is 55.6 Å². The van der Waals surface area contributed by atoms with E-state index in [0.29, 0.717) is 24.5 Å². The number of rotatable bonds is 5. The summed E-state index contributed by atoms with van der Waals surface area (Å²) < 4.78 is 11.3. The Bertz CT molecular complexity index is 1100. The maximum absolute atomic E-state index is 12.8. The molecular formula is C26H26N2O3. The maximum atomic E-state index is 12.8. The second-order valence-electron chi connectivity index (χ2n) is 8.20. The molecule has 5 rings (SSSR count). The number of hydrogen-bond donors (Lipinski definition) is 0. The van der Waals surface area contributed by atoms with E-state index in [9.17, 15) is 4.79 Å². The Morgan fingerprint density at radius 2 is 1.84 bits per heavy atom. The van der Waals surface area contributed by atoms with Gasteiger partial charge in [0.2, 0.25) is 0 Å². The van der Waals surface area contributed by atoms with Crippen LogP contribution in [0.3, 0.4) is 0 Å². The van der Waals surface area contributed by atoms with E-state index >= 15 is 0 Å². The van der Waals surface area contributed by atoms with Gasteiger partial charge in [0.25, 0.3) is 5.91 Å². The highest BCUT2D eigenvalue weighted by molar-refractivity contribution is 5.92. The molecule has 0 N–H and O–H groups in total. The summed E-state index contributed by atoms with van der Waals surface area (Å²) in [5, 5.41) is 3.98. The van der Waals surface area contributed by atoms with Crippen LogP contribution in [0.25, 0.3) is 5.57 Å². The number of amides is 1. The van der Waals surface area contributed by atoms with Crippen molar-refractivity contribution in [2.75, 3.05) is 13.1 Å². The van der Waals surface area contributed by atoms with Crippen molar-refractivity contribution in [3.63, 3.8) is 0 Å². The van der Waals surface area contributed by atoms with Gasteiger partial charge in [-0.1, -0.05) is 47.6 Å². The lowest BCUT2D eigenvalue weighted by Crippen LogP contribution is -2.34. The number of aryl methyl sites for hydroxylation is 2. The Hall–Kier alpha value is -3.34. The van der Waals surface area contributed by atoms with E-state index in [-0.39, 0.29) is 12.5 Å². The number of ether oxygens (including phenoxy) is 1. The van der Waals surface area contributed by atoms with Crippen LogP contribution in [-0.4, -0.2) is 29.1 Å². The summed E-state index contributed by atoms with van der Waals surface area (Å²) in [7, 11) is 0. The van der Waals surface area contributed by atoms with Gasteiger partial charge in [-0.2, -0.15) is 0 Å². The van der Waals surface area contributed by atoms with Gasteiger partial charge in [0.15, 0.2) is 11.5 Å². The number of benzene rings is 2. The molecule has 0 atom stereocenters. The van der Waals surface area contributed by atoms with Crippen LogP contribution in [0.2, 0.25) is 0 Å². The normalized spacial score (nSPS) is 15.9. The molecule has 0 spiro atoms. The number of carbonyl (C=O) groups is 1. The van der Waals surface area contributed by atoms with Gasteiger partial charge in [0.05, 0.1) is 0 Å². The third kappa shape index (κ3) is 4.41. The van der Waals surface area contributed by atoms with Crippen molar-refractivity contribution < 1.29 is 14.1 Å². The lowest BCUT2D eigenvalue weighted by molar-refractivity contribution is 0.0762. The molecule has 0 bridgehead atoms. The molecule has 2 heterocycles. The molecule has 0 radical (unpaired) electrons. The van der Waals surface area contributed by atoms with E-state index < -0.39 is 0 Å². The van der Waals surface area contributed by atoms with Crippen LogP contribution >= 0.6 is 0 Å². The zero-order chi connectivity index (χ0) is 21.0. The summed E-state index contributed by atoms with van der Waals surface area (Å²) in [5.41, 5.74) is 5.64. The third-order valence-electron chi connectivity index (χ3n) is 6.12. The summed E-state index contributed by atoms with van der Waals surface area (Å²) in [5.74, 6) is 1.28. The molecule has 0 saturated carbocycles. The molecule has 5 nitrogen and oxygen atoms in total. The molecule has 2 aromatic carbocycles. The summed E-state index contributed by atoms with van der Waals surface area (Å²) >= 11 is 0. The molecule has 0 unspecified atom stereocenters. The second kappa shape index (κ2) is 8.80. The van der Waals surface area contributed by atoms with Gasteiger partial charge in [0, 0.05) is 19.2 Å². The van der Waals surface area contributed by atoms with Crippen molar-refractivity contribution in [3.8, 4) is 5.75 Å². The summed E-state index contributed by atoms with van der Waals surface area (Å²) in [4.78, 5) is 14.6. The Balaban J connectivity index is 1.19. The number of carbonyl (C=O) groups excluding carboxylic acids is 1. The largest absolute Gasteiger partial charge is 0.486 e. The average Bonchev–Trinajstić information content (AvgIpc) is 3.32. The van der Waals surface area contributed by atoms with Crippen molar-refractivity contribution in [2.45, 2.75) is 38.7 Å². The first-order valence-electron chi connectivity index (χ1n) is 11.0. The third-order valence-corrected chi connectivity index (χ3v) is 6.12. The molecule has 158 valence electrons. The van der Waals surface area contributed by atoms with Crippen molar-refractivity contribution in [2.24, 2.45) is 0 Å². The van der Waals surface area contributed by atoms with Gasteiger partial charge in [0.1, 0.15) is 12.4 Å². The highest BCUT2D eigenvalue weighted by atomic mass is 16.5. The Morgan fingerprint density at radius 3 is 2.65 bits per heavy atom. The van der Waals surface area contributed by atoms with Crippen LogP contribution in [-0.2, 0) is 19.4 Å². The first-order chi connectivity index (χ1) is 15.3. The van der Waals surface area contributed by atoms with Crippen LogP contribution in [0, 0.1) is 0 Å². The fourth-order valence-electron chi connectivity index (χ4n) is 4.37. The molecule has 2 aliphatic rings. The van der Waals surface area contributed by atoms with E-state index in [4.69, 9.17) is 9.26 Å². The smallest absolute Gasteiger partial charge is 0.276 e. The van der Waals surface area contributed by atoms with Crippen LogP contribution < -0.4 is 4.74 Å². The standard InChI is InChI=1S/C26H26N2O3/c29-26(28-14-12-21(13-15-28)19-6-2-1-3-7-19)25-17-24(31-27-25)18-30-23-11-10-20-8-4-5-9-22(20)16-23/h1-3,6-7,10-12,16-17H,4-5,8-9,13-15,18H2. The minimum absolute atomic E-state index is 0.104. The molecule has 31 heavy (non-hydrogen) atoms. The maximum Gasteiger partial charge on any atom is 0.276 e. The first-order valence-corrected chi connectivity index (χ1v) is 11.0. The highest BCUT2D eigenvalue weighted by Crippen LogP contribution is 2.26. The zero-order valence-electron chi connectivity index (χ0n) is 17.5. The number of nitrogens with zero attached hydrogens (tertiary/aromatic N) is 2. The molecule has 0 saturated heterocycles.